The third-order valence-corrected chi connectivity index (χ3v) is 22.4. The summed E-state index contributed by atoms with van der Waals surface area (Å²) in [4.78, 5) is 67.8. The highest BCUT2D eigenvalue weighted by atomic mass is 31.2. The van der Waals surface area contributed by atoms with Gasteiger partial charge in [0.1, 0.15) is 6.61 Å². The number of hydrogen-bond acceptors (Lipinski definition) is 9. The first-order valence-corrected chi connectivity index (χ1v) is 43.0. The normalized spacial score (nSPS) is 16.9. The fourth-order valence-electron chi connectivity index (χ4n) is 14.4. The molecule has 0 rings (SSSR count). The third-order valence-electron chi connectivity index (χ3n) is 21.5. The summed E-state index contributed by atoms with van der Waals surface area (Å²) in [6, 6.07) is 0. The molecule has 1 N–H and O–H groups in total. The molecule has 0 aliphatic rings. The molecule has 0 aliphatic heterocycles. The fraction of sp³-hybridized carbons (Fsp3) is 0.953. The van der Waals surface area contributed by atoms with Crippen molar-refractivity contribution >= 4 is 31.6 Å². The lowest BCUT2D eigenvalue weighted by Gasteiger charge is -2.25. The molecule has 0 aromatic heterocycles. The molecule has 11 nitrogen and oxygen atoms in total. The Morgan fingerprint density at radius 1 is 0.299 bits per heavy atom. The Kier molecular flexibility index (Phi) is 57.5. The van der Waals surface area contributed by atoms with Gasteiger partial charge in [-0.3, -0.25) is 33.1 Å². The summed E-state index contributed by atoms with van der Waals surface area (Å²) in [5.41, 5.74) is 0. The van der Waals surface area contributed by atoms with Crippen LogP contribution in [0.2, 0.25) is 0 Å². The Morgan fingerprint density at radius 3 is 0.784 bits per heavy atom. The second-order valence-electron chi connectivity index (χ2n) is 35.2. The molecule has 2 amide bonds. The molecular formula is C85H166NO10P. The maximum absolute atomic E-state index is 14.2. The average molecular weight is 1390 g/mol. The van der Waals surface area contributed by atoms with Gasteiger partial charge in [-0.1, -0.05) is 370 Å². The number of hydrogen-bond donors (Lipinski definition) is 1. The van der Waals surface area contributed by atoms with Crippen LogP contribution in [-0.2, 0) is 42.3 Å². The zero-order valence-electron chi connectivity index (χ0n) is 67.9. The maximum Gasteiger partial charge on any atom is 0.472 e. The van der Waals surface area contributed by atoms with E-state index < -0.39 is 39.1 Å². The summed E-state index contributed by atoms with van der Waals surface area (Å²) in [5.74, 6) is 7.34. The van der Waals surface area contributed by atoms with Gasteiger partial charge >= 0.3 is 19.8 Å². The number of ether oxygens (including phenoxy) is 2. The fourth-order valence-corrected chi connectivity index (χ4v) is 15.2. The second-order valence-corrected chi connectivity index (χ2v) is 36.6. The van der Waals surface area contributed by atoms with Crippen molar-refractivity contribution in [2.24, 2.45) is 94.7 Å². The van der Waals surface area contributed by atoms with Gasteiger partial charge in [0, 0.05) is 25.7 Å². The van der Waals surface area contributed by atoms with Crippen molar-refractivity contribution in [1.29, 1.82) is 0 Å². The molecular weight excluding hydrogens is 1230 g/mol. The SMILES string of the molecule is CC(C)CCCC(C)CCCC(C)CCCC(C)CC(=O)OC[C@H](COP(=O)(O)OCCN(C(=O)CC(C)CCCC(C)CCCC(C)CCCC(C)C)C(=O)CC(C)CCCC(C)CCCC(C)CCCC(C)C)OC(=O)CC(C)CCCC(C)CCCC(C)CCCC(C)C. The highest BCUT2D eigenvalue weighted by molar-refractivity contribution is 7.47. The molecule has 0 heterocycles. The first-order chi connectivity index (χ1) is 45.7. The number of imide groups is 1. The molecule has 0 bridgehead atoms. The van der Waals surface area contributed by atoms with E-state index in [1.807, 2.05) is 6.92 Å². The number of phosphoric acid groups is 1. The van der Waals surface area contributed by atoms with E-state index in [0.717, 1.165) is 124 Å². The van der Waals surface area contributed by atoms with Gasteiger partial charge in [-0.25, -0.2) is 4.57 Å². The standard InChI is InChI=1S/C85H166NO10P/c1-65(2)33-21-37-69(9)41-25-45-73(13)49-29-53-77(17)59-82(87)86(83(88)60-78(18)54-30-50-74(14)46-26-42-70(10)38-22-34-66(3)4)57-58-94-97(91,92)95-64-81(96-85(90)62-80(20)56-32-52-76(16)48-28-44-72(12)40-24-36-68(7)8)63-93-84(89)61-79(19)55-31-51-75(15)47-27-43-71(11)39-23-35-67(5)6/h65-81H,21-64H2,1-20H3,(H,91,92)/t69?,70?,71?,72?,73?,74?,75?,76?,77?,78?,79?,80?,81-/m1/s1. The van der Waals surface area contributed by atoms with E-state index in [2.05, 4.69) is 132 Å². The van der Waals surface area contributed by atoms with E-state index in [-0.39, 0.29) is 74.3 Å². The van der Waals surface area contributed by atoms with Gasteiger partial charge < -0.3 is 14.4 Å². The molecule has 0 aromatic carbocycles. The van der Waals surface area contributed by atoms with Gasteiger partial charge in [0.05, 0.1) is 19.8 Å². The third kappa shape index (κ3) is 59.3. The van der Waals surface area contributed by atoms with Crippen molar-refractivity contribution in [2.45, 2.75) is 401 Å². The minimum atomic E-state index is -4.82. The maximum atomic E-state index is 14.2. The molecule has 0 fully saturated rings. The Morgan fingerprint density at radius 2 is 0.526 bits per heavy atom. The van der Waals surface area contributed by atoms with Gasteiger partial charge in [0.2, 0.25) is 11.8 Å². The molecule has 0 aromatic rings. The number of phosphoric ester groups is 1. The molecule has 12 heteroatoms. The van der Waals surface area contributed by atoms with Gasteiger partial charge in [-0.2, -0.15) is 0 Å². The smallest absolute Gasteiger partial charge is 0.462 e. The number of esters is 2. The average Bonchev–Trinajstić information content (AvgIpc) is 0.966. The molecule has 0 spiro atoms. The summed E-state index contributed by atoms with van der Waals surface area (Å²) >= 11 is 0. The molecule has 13 unspecified atom stereocenters. The van der Waals surface area contributed by atoms with Gasteiger partial charge in [-0.05, 0) is 94.7 Å². The Balaban J connectivity index is 5.97. The van der Waals surface area contributed by atoms with Crippen molar-refractivity contribution in [3.05, 3.63) is 0 Å². The van der Waals surface area contributed by atoms with Crippen molar-refractivity contribution in [1.82, 2.24) is 4.90 Å². The van der Waals surface area contributed by atoms with Crippen LogP contribution < -0.4 is 0 Å². The van der Waals surface area contributed by atoms with Crippen LogP contribution in [0.1, 0.15) is 395 Å². The summed E-state index contributed by atoms with van der Waals surface area (Å²) in [6.45, 7) is 44.1. The van der Waals surface area contributed by atoms with Gasteiger partial charge in [0.25, 0.3) is 0 Å². The molecule has 14 atom stereocenters. The number of nitrogens with zero attached hydrogens (tertiary/aromatic N) is 1. The van der Waals surface area contributed by atoms with Gasteiger partial charge in [-0.15, -0.1) is 0 Å². The van der Waals surface area contributed by atoms with Crippen LogP contribution >= 0.6 is 7.82 Å². The summed E-state index contributed by atoms with van der Waals surface area (Å²) in [7, 11) is -4.82. The van der Waals surface area contributed by atoms with Gasteiger partial charge in [0.15, 0.2) is 6.10 Å². The molecule has 97 heavy (non-hydrogen) atoms. The lowest BCUT2D eigenvalue weighted by Crippen LogP contribution is -2.40. The minimum absolute atomic E-state index is 0.0476. The number of carbonyl (C=O) groups excluding carboxylic acids is 4. The molecule has 576 valence electrons. The first-order valence-electron chi connectivity index (χ1n) is 41.5. The Bertz CT molecular complexity index is 1900. The molecule has 0 radical (unpaired) electrons. The molecule has 0 saturated carbocycles. The van der Waals surface area contributed by atoms with Crippen LogP contribution in [0.3, 0.4) is 0 Å². The topological polar surface area (TPSA) is 146 Å². The number of amides is 2. The predicted octanol–water partition coefficient (Wildman–Crippen LogP) is 25.8. The van der Waals surface area contributed by atoms with Crippen molar-refractivity contribution in [3.63, 3.8) is 0 Å². The summed E-state index contributed by atoms with van der Waals surface area (Å²) < 4.78 is 36.4. The van der Waals surface area contributed by atoms with Crippen molar-refractivity contribution in [3.8, 4) is 0 Å². The zero-order chi connectivity index (χ0) is 73.1. The number of rotatable bonds is 66. The van der Waals surface area contributed by atoms with Crippen LogP contribution in [-0.4, -0.2) is 66.0 Å². The van der Waals surface area contributed by atoms with E-state index in [1.54, 1.807) is 0 Å². The highest BCUT2D eigenvalue weighted by Crippen LogP contribution is 2.43. The number of carbonyl (C=O) groups is 4. The molecule has 0 saturated heterocycles. The lowest BCUT2D eigenvalue weighted by atomic mass is 9.90. The van der Waals surface area contributed by atoms with E-state index in [4.69, 9.17) is 18.5 Å². The monoisotopic (exact) mass is 1390 g/mol. The van der Waals surface area contributed by atoms with Crippen LogP contribution in [0.5, 0.6) is 0 Å². The van der Waals surface area contributed by atoms with E-state index in [1.165, 1.54) is 159 Å². The van der Waals surface area contributed by atoms with Crippen molar-refractivity contribution < 1.29 is 47.2 Å². The van der Waals surface area contributed by atoms with E-state index in [9.17, 15) is 28.6 Å². The summed E-state index contributed by atoms with van der Waals surface area (Å²) in [5, 5.41) is 0. The largest absolute Gasteiger partial charge is 0.472 e. The van der Waals surface area contributed by atoms with Crippen LogP contribution in [0.15, 0.2) is 0 Å². The quantitative estimate of drug-likeness (QED) is 0.0461. The van der Waals surface area contributed by atoms with Crippen LogP contribution in [0, 0.1) is 94.7 Å². The molecule has 0 aliphatic carbocycles. The second kappa shape index (κ2) is 58.6. The highest BCUT2D eigenvalue weighted by Gasteiger charge is 2.30. The predicted molar refractivity (Wildman–Crippen MR) is 413 cm³/mol. The van der Waals surface area contributed by atoms with Crippen molar-refractivity contribution in [2.75, 3.05) is 26.4 Å². The Hall–Kier alpha value is -1.81. The van der Waals surface area contributed by atoms with Crippen LogP contribution in [0.4, 0.5) is 0 Å². The van der Waals surface area contributed by atoms with Crippen LogP contribution in [0.25, 0.3) is 0 Å². The minimum Gasteiger partial charge on any atom is -0.462 e. The zero-order valence-corrected chi connectivity index (χ0v) is 68.8. The van der Waals surface area contributed by atoms with E-state index >= 15 is 0 Å². The Labute approximate surface area is 603 Å². The lowest BCUT2D eigenvalue weighted by molar-refractivity contribution is -0.162. The first kappa shape index (κ1) is 95.2. The van der Waals surface area contributed by atoms with E-state index in [0.29, 0.717) is 23.7 Å². The summed E-state index contributed by atoms with van der Waals surface area (Å²) in [6.07, 6.45) is 42.3.